The van der Waals surface area contributed by atoms with Crippen molar-refractivity contribution in [3.63, 3.8) is 0 Å². The fourth-order valence-corrected chi connectivity index (χ4v) is 6.24. The second-order valence-electron chi connectivity index (χ2n) is 6.37. The Morgan fingerprint density at radius 3 is 2.54 bits per heavy atom. The monoisotopic (exact) mass is 422 g/mol. The van der Waals surface area contributed by atoms with Crippen LogP contribution in [0.25, 0.3) is 10.2 Å². The first kappa shape index (κ1) is 17.7. The molecule has 5 rings (SSSR count). The van der Waals surface area contributed by atoms with E-state index in [9.17, 15) is 9.59 Å². The third-order valence-corrected chi connectivity index (χ3v) is 7.76. The summed E-state index contributed by atoms with van der Waals surface area (Å²) in [5.74, 6) is -0.327. The van der Waals surface area contributed by atoms with Crippen molar-refractivity contribution in [3.05, 3.63) is 79.7 Å². The first-order valence-electron chi connectivity index (χ1n) is 8.69. The zero-order chi connectivity index (χ0) is 19.1. The average Bonchev–Trinajstić information content (AvgIpc) is 3.35. The molecule has 0 saturated carbocycles. The molecule has 0 atom stereocenters. The van der Waals surface area contributed by atoms with Crippen LogP contribution in [0.15, 0.2) is 69.2 Å². The highest BCUT2D eigenvalue weighted by Crippen LogP contribution is 2.42. The molecule has 2 aliphatic rings. The molecule has 2 aromatic carbocycles. The van der Waals surface area contributed by atoms with Crippen LogP contribution >= 0.6 is 34.9 Å². The summed E-state index contributed by atoms with van der Waals surface area (Å²) < 4.78 is 1.89. The number of carbonyl (C=O) groups is 2. The highest BCUT2D eigenvalue weighted by atomic mass is 32.2. The molecule has 3 heterocycles. The van der Waals surface area contributed by atoms with Gasteiger partial charge in [0.15, 0.2) is 11.6 Å². The van der Waals surface area contributed by atoms with Gasteiger partial charge in [0.05, 0.1) is 33.1 Å². The van der Waals surface area contributed by atoms with E-state index in [-0.39, 0.29) is 18.1 Å². The summed E-state index contributed by atoms with van der Waals surface area (Å²) >= 11 is 4.50. The molecule has 3 aromatic rings. The van der Waals surface area contributed by atoms with E-state index < -0.39 is 0 Å². The van der Waals surface area contributed by atoms with Crippen molar-refractivity contribution in [1.82, 2.24) is 4.98 Å². The number of hydrogen-bond donors (Lipinski definition) is 0. The Labute approximate surface area is 174 Å². The summed E-state index contributed by atoms with van der Waals surface area (Å²) in [5.41, 5.74) is 2.63. The second kappa shape index (κ2) is 7.24. The quantitative estimate of drug-likeness (QED) is 0.416. The molecule has 0 radical (unpaired) electrons. The number of fused-ring (bicyclic) bond motifs is 2. The average molecular weight is 423 g/mol. The van der Waals surface area contributed by atoms with Gasteiger partial charge in [-0.15, -0.1) is 11.3 Å². The number of thioether (sulfide) groups is 2. The highest BCUT2D eigenvalue weighted by molar-refractivity contribution is 8.27. The number of nitrogens with zero attached hydrogens (tertiary/aromatic N) is 2. The Morgan fingerprint density at radius 1 is 0.964 bits per heavy atom. The molecular formula is C21H14N2O2S3. The number of para-hydroxylation sites is 2. The van der Waals surface area contributed by atoms with Gasteiger partial charge in [0.25, 0.3) is 0 Å². The fourth-order valence-electron chi connectivity index (χ4n) is 3.36. The summed E-state index contributed by atoms with van der Waals surface area (Å²) in [7, 11) is 0. The summed E-state index contributed by atoms with van der Waals surface area (Å²) in [4.78, 5) is 32.9. The van der Waals surface area contributed by atoms with E-state index in [1.807, 2.05) is 58.2 Å². The largest absolute Gasteiger partial charge is 0.356 e. The van der Waals surface area contributed by atoms with Gasteiger partial charge in [0.1, 0.15) is 5.01 Å². The summed E-state index contributed by atoms with van der Waals surface area (Å²) in [6.07, 6.45) is 0. The van der Waals surface area contributed by atoms with Crippen LogP contribution in [0.2, 0.25) is 0 Å². The van der Waals surface area contributed by atoms with Crippen molar-refractivity contribution < 1.29 is 9.59 Å². The number of benzene rings is 2. The van der Waals surface area contributed by atoms with Crippen LogP contribution in [0, 0.1) is 0 Å². The van der Waals surface area contributed by atoms with Gasteiger partial charge in [-0.1, -0.05) is 47.8 Å². The van der Waals surface area contributed by atoms with Gasteiger partial charge in [-0.05, 0) is 35.1 Å². The predicted octanol–water partition coefficient (Wildman–Crippen LogP) is 5.23. The van der Waals surface area contributed by atoms with Gasteiger partial charge in [-0.3, -0.25) is 9.59 Å². The Hall–Kier alpha value is -2.35. The van der Waals surface area contributed by atoms with E-state index in [2.05, 4.69) is 0 Å². The van der Waals surface area contributed by atoms with Gasteiger partial charge in [-0.2, -0.15) is 0 Å². The molecule has 0 N–H and O–H groups in total. The van der Waals surface area contributed by atoms with Gasteiger partial charge in [0, 0.05) is 11.3 Å². The molecule has 1 aromatic heterocycles. The predicted molar refractivity (Wildman–Crippen MR) is 118 cm³/mol. The van der Waals surface area contributed by atoms with Crippen LogP contribution in [-0.2, 0) is 11.3 Å². The minimum atomic E-state index is -0.189. The number of aromatic nitrogens is 1. The van der Waals surface area contributed by atoms with Crippen LogP contribution < -0.4 is 4.90 Å². The van der Waals surface area contributed by atoms with Crippen LogP contribution in [-0.4, -0.2) is 23.1 Å². The van der Waals surface area contributed by atoms with Crippen LogP contribution in [0.3, 0.4) is 0 Å². The molecule has 0 bridgehead atoms. The normalized spacial score (nSPS) is 16.8. The third kappa shape index (κ3) is 3.09. The summed E-state index contributed by atoms with van der Waals surface area (Å²) in [6.45, 7) is 0.662. The standard InChI is InChI=1S/C21H14N2O2S3/c24-16-11-23(12-18-22-14-6-2-4-8-17(14)28-18)15-7-3-1-5-13(15)20(25)19(16)21-26-9-10-27-21/h1-10H,11-12H2. The Balaban J connectivity index is 1.57. The number of hydrogen-bond acceptors (Lipinski definition) is 7. The van der Waals surface area contributed by atoms with E-state index in [4.69, 9.17) is 4.98 Å². The van der Waals surface area contributed by atoms with E-state index >= 15 is 0 Å². The smallest absolute Gasteiger partial charge is 0.200 e. The lowest BCUT2D eigenvalue weighted by Gasteiger charge is -2.22. The fraction of sp³-hybridized carbons (Fsp3) is 0.0952. The number of Topliss-reactive ketones (excluding diaryl/α,β-unsaturated/α-hetero) is 2. The van der Waals surface area contributed by atoms with Crippen molar-refractivity contribution in [2.75, 3.05) is 11.4 Å². The van der Waals surface area contributed by atoms with Crippen molar-refractivity contribution in [3.8, 4) is 0 Å². The topological polar surface area (TPSA) is 50.3 Å². The lowest BCUT2D eigenvalue weighted by atomic mass is 10.0. The van der Waals surface area contributed by atoms with Gasteiger partial charge in [0.2, 0.25) is 0 Å². The maximum atomic E-state index is 13.2. The van der Waals surface area contributed by atoms with Crippen LogP contribution in [0.1, 0.15) is 15.4 Å². The lowest BCUT2D eigenvalue weighted by Crippen LogP contribution is -2.29. The molecule has 0 amide bonds. The highest BCUT2D eigenvalue weighted by Gasteiger charge is 2.33. The molecule has 0 aliphatic carbocycles. The molecule has 7 heteroatoms. The number of ketones is 2. The maximum absolute atomic E-state index is 13.2. The van der Waals surface area contributed by atoms with Crippen molar-refractivity contribution in [1.29, 1.82) is 0 Å². The number of anilines is 1. The Morgan fingerprint density at radius 2 is 1.71 bits per heavy atom. The SMILES string of the molecule is O=C1CN(Cc2nc3ccccc3s2)c2ccccc2C(=O)C1=C1SC=CS1. The molecule has 28 heavy (non-hydrogen) atoms. The molecule has 4 nitrogen and oxygen atoms in total. The van der Waals surface area contributed by atoms with Crippen molar-refractivity contribution in [2.45, 2.75) is 6.54 Å². The number of thiazole rings is 1. The van der Waals surface area contributed by atoms with Gasteiger partial charge >= 0.3 is 0 Å². The second-order valence-corrected chi connectivity index (χ2v) is 9.58. The van der Waals surface area contributed by atoms with E-state index in [0.29, 0.717) is 17.7 Å². The summed E-state index contributed by atoms with van der Waals surface area (Å²) in [5, 5.41) is 4.74. The van der Waals surface area contributed by atoms with Gasteiger partial charge in [-0.25, -0.2) is 4.98 Å². The van der Waals surface area contributed by atoms with E-state index in [0.717, 1.165) is 25.1 Å². The molecule has 138 valence electrons. The Kier molecular flexibility index (Phi) is 4.58. The van der Waals surface area contributed by atoms with Crippen molar-refractivity contribution in [2.24, 2.45) is 0 Å². The van der Waals surface area contributed by atoms with Crippen molar-refractivity contribution >= 4 is 62.3 Å². The minimum Gasteiger partial charge on any atom is -0.356 e. The molecule has 0 fully saturated rings. The molecule has 0 spiro atoms. The first-order valence-corrected chi connectivity index (χ1v) is 11.3. The van der Waals surface area contributed by atoms with Crippen LogP contribution in [0.5, 0.6) is 0 Å². The molecule has 0 unspecified atom stereocenters. The van der Waals surface area contributed by atoms with E-state index in [1.165, 1.54) is 23.5 Å². The molecule has 2 aliphatic heterocycles. The molecular weight excluding hydrogens is 408 g/mol. The summed E-state index contributed by atoms with van der Waals surface area (Å²) in [6, 6.07) is 15.5. The molecule has 0 saturated heterocycles. The third-order valence-electron chi connectivity index (χ3n) is 4.60. The number of carbonyl (C=O) groups excluding carboxylic acids is 2. The first-order chi connectivity index (χ1) is 13.7. The zero-order valence-electron chi connectivity index (χ0n) is 14.6. The zero-order valence-corrected chi connectivity index (χ0v) is 17.1. The minimum absolute atomic E-state index is 0.138. The maximum Gasteiger partial charge on any atom is 0.200 e. The van der Waals surface area contributed by atoms with Crippen LogP contribution in [0.4, 0.5) is 5.69 Å². The van der Waals surface area contributed by atoms with Gasteiger partial charge < -0.3 is 4.90 Å². The number of rotatable bonds is 2. The van der Waals surface area contributed by atoms with E-state index in [1.54, 1.807) is 17.4 Å². The Bertz CT molecular complexity index is 1140. The lowest BCUT2D eigenvalue weighted by molar-refractivity contribution is -0.114.